The van der Waals surface area contributed by atoms with Crippen LogP contribution in [0.1, 0.15) is 62.0 Å². The fraction of sp³-hybridized carbons (Fsp3) is 0.500. The molecule has 1 saturated carbocycles. The van der Waals surface area contributed by atoms with Crippen LogP contribution >= 0.6 is 0 Å². The minimum absolute atomic E-state index is 0.0462. The predicted octanol–water partition coefficient (Wildman–Crippen LogP) is 4.07. The number of nitrogens with zero attached hydrogens (tertiary/aromatic N) is 4. The summed E-state index contributed by atoms with van der Waals surface area (Å²) in [5.74, 6) is -0.119. The Kier molecular flexibility index (Phi) is 6.64. The molecule has 1 fully saturated rings. The molecule has 0 unspecified atom stereocenters. The number of hydrogen-bond donors (Lipinski definition) is 3. The van der Waals surface area contributed by atoms with E-state index in [2.05, 4.69) is 20.3 Å². The van der Waals surface area contributed by atoms with Gasteiger partial charge in [0.05, 0.1) is 0 Å². The van der Waals surface area contributed by atoms with E-state index in [4.69, 9.17) is 5.41 Å². The lowest BCUT2D eigenvalue weighted by Gasteiger charge is -2.26. The molecule has 8 heteroatoms. The van der Waals surface area contributed by atoms with Crippen molar-refractivity contribution in [3.63, 3.8) is 0 Å². The van der Waals surface area contributed by atoms with Crippen molar-refractivity contribution in [1.82, 2.24) is 15.0 Å². The van der Waals surface area contributed by atoms with Gasteiger partial charge < -0.3 is 20.7 Å². The Hall–Kier alpha value is -3.03. The first kappa shape index (κ1) is 21.7. The molecule has 3 N–H and O–H groups in total. The van der Waals surface area contributed by atoms with E-state index in [9.17, 15) is 9.90 Å². The van der Waals surface area contributed by atoms with Gasteiger partial charge in [-0.05, 0) is 30.4 Å². The van der Waals surface area contributed by atoms with Gasteiger partial charge in [0.1, 0.15) is 5.82 Å². The predicted molar refractivity (Wildman–Crippen MR) is 119 cm³/mol. The summed E-state index contributed by atoms with van der Waals surface area (Å²) in [6.07, 6.45) is 8.87. The lowest BCUT2D eigenvalue weighted by Crippen LogP contribution is -2.26. The van der Waals surface area contributed by atoms with Gasteiger partial charge in [-0.1, -0.05) is 33.1 Å². The fourth-order valence-electron chi connectivity index (χ4n) is 3.68. The molecule has 0 radical (unpaired) electrons. The molecule has 2 aromatic rings. The molecule has 0 amide bonds. The average Bonchev–Trinajstić information content (AvgIpc) is 2.73. The number of aromatic nitrogens is 3. The summed E-state index contributed by atoms with van der Waals surface area (Å²) in [7, 11) is 3.71. The van der Waals surface area contributed by atoms with Crippen LogP contribution in [0.3, 0.4) is 0 Å². The highest BCUT2D eigenvalue weighted by molar-refractivity contribution is 6.09. The highest BCUT2D eigenvalue weighted by Gasteiger charge is 2.24. The van der Waals surface area contributed by atoms with Gasteiger partial charge in [-0.2, -0.15) is 0 Å². The van der Waals surface area contributed by atoms with Gasteiger partial charge in [0.2, 0.25) is 5.95 Å². The Morgan fingerprint density at radius 2 is 1.83 bits per heavy atom. The molecule has 0 saturated heterocycles. The number of nitrogens with one attached hydrogen (secondary N) is 2. The van der Waals surface area contributed by atoms with E-state index in [-0.39, 0.29) is 17.7 Å². The van der Waals surface area contributed by atoms with Crippen LogP contribution in [-0.4, -0.2) is 51.9 Å². The van der Waals surface area contributed by atoms with Crippen molar-refractivity contribution in [3.05, 3.63) is 29.7 Å². The normalized spacial score (nSPS) is 14.6. The maximum absolute atomic E-state index is 11.8. The highest BCUT2D eigenvalue weighted by Crippen LogP contribution is 2.33. The van der Waals surface area contributed by atoms with Crippen molar-refractivity contribution in [2.24, 2.45) is 5.92 Å². The maximum atomic E-state index is 11.8. The smallest absolute Gasteiger partial charge is 0.354 e. The van der Waals surface area contributed by atoms with Crippen LogP contribution in [0.15, 0.2) is 18.5 Å². The van der Waals surface area contributed by atoms with Crippen molar-refractivity contribution in [3.8, 4) is 11.1 Å². The molecule has 0 bridgehead atoms. The van der Waals surface area contributed by atoms with Crippen LogP contribution < -0.4 is 10.2 Å². The highest BCUT2D eigenvalue weighted by atomic mass is 16.4. The summed E-state index contributed by atoms with van der Waals surface area (Å²) >= 11 is 0. The first-order valence-corrected chi connectivity index (χ1v) is 10.4. The number of pyridine rings is 1. The maximum Gasteiger partial charge on any atom is 0.354 e. The summed E-state index contributed by atoms with van der Waals surface area (Å²) in [5, 5.41) is 21.9. The number of carbonyl (C=O) groups is 1. The molecule has 0 aromatic carbocycles. The number of aromatic carboxylic acids is 1. The fourth-order valence-corrected chi connectivity index (χ4v) is 3.68. The van der Waals surface area contributed by atoms with Crippen molar-refractivity contribution < 1.29 is 9.90 Å². The van der Waals surface area contributed by atoms with Gasteiger partial charge in [0, 0.05) is 49.4 Å². The number of carboxylic acid groups (broad SMARTS) is 1. The molecule has 0 spiro atoms. The topological polar surface area (TPSA) is 115 Å². The quantitative estimate of drug-likeness (QED) is 0.589. The molecule has 0 aliphatic heterocycles. The lowest BCUT2D eigenvalue weighted by atomic mass is 9.91. The average molecular weight is 411 g/mol. The third-order valence-corrected chi connectivity index (χ3v) is 5.38. The minimum atomic E-state index is -1.10. The second-order valence-corrected chi connectivity index (χ2v) is 8.30. The van der Waals surface area contributed by atoms with E-state index in [1.165, 1.54) is 12.5 Å². The van der Waals surface area contributed by atoms with Gasteiger partial charge >= 0.3 is 5.97 Å². The Morgan fingerprint density at radius 3 is 2.37 bits per heavy atom. The molecule has 1 aliphatic rings. The molecule has 8 nitrogen and oxygen atoms in total. The molecule has 160 valence electrons. The standard InChI is InChI=1S/C22H30N6O2/c1-13(2)19(23)18-16(14-11-24-22(25-12-14)28(3)4)10-17(21(29)30)27-20(18)26-15-8-6-5-7-9-15/h10-13,15,23H,5-9H2,1-4H3,(H,26,27)(H,29,30). The zero-order valence-corrected chi connectivity index (χ0v) is 18.1. The van der Waals surface area contributed by atoms with Crippen LogP contribution in [0.4, 0.5) is 11.8 Å². The second kappa shape index (κ2) is 9.19. The molecule has 2 aromatic heterocycles. The van der Waals surface area contributed by atoms with E-state index in [1.54, 1.807) is 17.3 Å². The van der Waals surface area contributed by atoms with Crippen LogP contribution in [0, 0.1) is 11.3 Å². The van der Waals surface area contributed by atoms with E-state index >= 15 is 0 Å². The monoisotopic (exact) mass is 410 g/mol. The van der Waals surface area contributed by atoms with E-state index in [0.717, 1.165) is 25.7 Å². The van der Waals surface area contributed by atoms with Gasteiger partial charge in [-0.3, -0.25) is 0 Å². The summed E-state index contributed by atoms with van der Waals surface area (Å²) < 4.78 is 0. The van der Waals surface area contributed by atoms with Crippen LogP contribution in [-0.2, 0) is 0 Å². The van der Waals surface area contributed by atoms with Crippen LogP contribution in [0.2, 0.25) is 0 Å². The molecule has 0 atom stereocenters. The van der Waals surface area contributed by atoms with Crippen molar-refractivity contribution in [2.45, 2.75) is 52.0 Å². The van der Waals surface area contributed by atoms with Gasteiger partial charge in [-0.15, -0.1) is 0 Å². The van der Waals surface area contributed by atoms with Crippen molar-refractivity contribution in [2.75, 3.05) is 24.3 Å². The van der Waals surface area contributed by atoms with E-state index in [1.807, 2.05) is 27.9 Å². The Balaban J connectivity index is 2.16. The molecular weight excluding hydrogens is 380 g/mol. The van der Waals surface area contributed by atoms with E-state index < -0.39 is 5.97 Å². The molecule has 30 heavy (non-hydrogen) atoms. The lowest BCUT2D eigenvalue weighted by molar-refractivity contribution is 0.0690. The molecule has 2 heterocycles. The first-order chi connectivity index (χ1) is 14.3. The second-order valence-electron chi connectivity index (χ2n) is 8.30. The molecule has 3 rings (SSSR count). The zero-order valence-electron chi connectivity index (χ0n) is 18.1. The summed E-state index contributed by atoms with van der Waals surface area (Å²) in [4.78, 5) is 26.8. The van der Waals surface area contributed by atoms with Crippen LogP contribution in [0.25, 0.3) is 11.1 Å². The zero-order chi connectivity index (χ0) is 21.8. The van der Waals surface area contributed by atoms with Crippen LogP contribution in [0.5, 0.6) is 0 Å². The van der Waals surface area contributed by atoms with Gasteiger partial charge in [-0.25, -0.2) is 19.7 Å². The number of anilines is 2. The van der Waals surface area contributed by atoms with Crippen molar-refractivity contribution in [1.29, 1.82) is 5.41 Å². The summed E-state index contributed by atoms with van der Waals surface area (Å²) in [6.45, 7) is 3.90. The number of rotatable bonds is 7. The third kappa shape index (κ3) is 4.75. The first-order valence-electron chi connectivity index (χ1n) is 10.4. The SMILES string of the molecule is CC(C)C(=N)c1c(-c2cnc(N(C)C)nc2)cc(C(=O)O)nc1NC1CCCCC1. The number of hydrogen-bond acceptors (Lipinski definition) is 7. The van der Waals surface area contributed by atoms with Crippen molar-refractivity contribution >= 4 is 23.4 Å². The van der Waals surface area contributed by atoms with Gasteiger partial charge in [0.25, 0.3) is 0 Å². The Labute approximate surface area is 177 Å². The van der Waals surface area contributed by atoms with Gasteiger partial charge in [0.15, 0.2) is 5.69 Å². The Bertz CT molecular complexity index is 918. The minimum Gasteiger partial charge on any atom is -0.477 e. The molecular formula is C22H30N6O2. The number of carboxylic acids is 1. The van der Waals surface area contributed by atoms with E-state index in [0.29, 0.717) is 34.2 Å². The Morgan fingerprint density at radius 1 is 1.20 bits per heavy atom. The summed E-state index contributed by atoms with van der Waals surface area (Å²) in [6, 6.07) is 1.75. The largest absolute Gasteiger partial charge is 0.477 e. The third-order valence-electron chi connectivity index (χ3n) is 5.38. The molecule has 1 aliphatic carbocycles. The summed E-state index contributed by atoms with van der Waals surface area (Å²) in [5.41, 5.74) is 2.26.